The zero-order valence-corrected chi connectivity index (χ0v) is 13.0. The highest BCUT2D eigenvalue weighted by Crippen LogP contribution is 2.21. The molecule has 9 heteroatoms. The Hall–Kier alpha value is -2.00. The first-order valence-corrected chi connectivity index (χ1v) is 7.93. The van der Waals surface area contributed by atoms with Gasteiger partial charge < -0.3 is 5.32 Å². The van der Waals surface area contributed by atoms with Gasteiger partial charge in [0, 0.05) is 12.7 Å². The number of aromatic nitrogens is 4. The van der Waals surface area contributed by atoms with Gasteiger partial charge in [0.2, 0.25) is 0 Å². The van der Waals surface area contributed by atoms with E-state index in [2.05, 4.69) is 25.3 Å². The molecular weight excluding hydrogens is 292 g/mol. The molecule has 0 aromatic carbocycles. The molecule has 0 aliphatic rings. The minimum atomic E-state index is -3.74. The summed E-state index contributed by atoms with van der Waals surface area (Å²) in [6.07, 6.45) is 1.48. The van der Waals surface area contributed by atoms with Crippen LogP contribution in [0.15, 0.2) is 23.2 Å². The lowest BCUT2D eigenvalue weighted by molar-refractivity contribution is 0.566. The van der Waals surface area contributed by atoms with Crippen LogP contribution < -0.4 is 10.0 Å². The maximum absolute atomic E-state index is 12.5. The maximum Gasteiger partial charge on any atom is 0.266 e. The molecule has 0 radical (unpaired) electrons. The van der Waals surface area contributed by atoms with Crippen molar-refractivity contribution < 1.29 is 8.42 Å². The van der Waals surface area contributed by atoms with Gasteiger partial charge >= 0.3 is 0 Å². The van der Waals surface area contributed by atoms with Gasteiger partial charge in [-0.05, 0) is 33.0 Å². The summed E-state index contributed by atoms with van der Waals surface area (Å²) in [4.78, 5) is 0.184. The fourth-order valence-corrected chi connectivity index (χ4v) is 3.46. The molecule has 0 saturated carbocycles. The van der Waals surface area contributed by atoms with Crippen LogP contribution in [-0.4, -0.2) is 42.0 Å². The summed E-state index contributed by atoms with van der Waals surface area (Å²) in [5.74, 6) is 0.180. The Morgan fingerprint density at radius 1 is 1.33 bits per heavy atom. The van der Waals surface area contributed by atoms with Crippen molar-refractivity contribution in [1.29, 1.82) is 0 Å². The van der Waals surface area contributed by atoms with E-state index in [1.54, 1.807) is 30.7 Å². The molecule has 0 amide bonds. The van der Waals surface area contributed by atoms with Gasteiger partial charge in [0.25, 0.3) is 10.0 Å². The van der Waals surface area contributed by atoms with Crippen molar-refractivity contribution in [2.45, 2.75) is 25.3 Å². The molecule has 0 saturated heterocycles. The standard InChI is InChI=1S/C12H18N6O2S/c1-9-12(10(2)18(16-9)8-7-13-3)21(19,20)17-11-5-4-6-14-15-11/h4-6,13H,7-8H2,1-3H3,(H,15,17). The van der Waals surface area contributed by atoms with Crippen LogP contribution in [0, 0.1) is 13.8 Å². The van der Waals surface area contributed by atoms with Crippen LogP contribution in [0.1, 0.15) is 11.4 Å². The molecule has 2 N–H and O–H groups in total. The van der Waals surface area contributed by atoms with Crippen LogP contribution in [0.25, 0.3) is 0 Å². The third-order valence-electron chi connectivity index (χ3n) is 2.97. The predicted octanol–water partition coefficient (Wildman–Crippen LogP) is 0.310. The highest BCUT2D eigenvalue weighted by molar-refractivity contribution is 7.92. The number of anilines is 1. The quantitative estimate of drug-likeness (QED) is 0.796. The number of hydrogen-bond acceptors (Lipinski definition) is 6. The molecule has 114 valence electrons. The van der Waals surface area contributed by atoms with E-state index in [0.29, 0.717) is 24.5 Å². The lowest BCUT2D eigenvalue weighted by atomic mass is 10.4. The number of likely N-dealkylation sites (N-methyl/N-ethyl adjacent to an activating group) is 1. The summed E-state index contributed by atoms with van der Waals surface area (Å²) in [5, 5.41) is 14.7. The second-order valence-corrected chi connectivity index (χ2v) is 6.16. The Morgan fingerprint density at radius 2 is 2.10 bits per heavy atom. The van der Waals surface area contributed by atoms with Crippen molar-refractivity contribution in [3.8, 4) is 0 Å². The normalized spacial score (nSPS) is 11.6. The minimum Gasteiger partial charge on any atom is -0.318 e. The van der Waals surface area contributed by atoms with Crippen LogP contribution >= 0.6 is 0 Å². The summed E-state index contributed by atoms with van der Waals surface area (Å²) >= 11 is 0. The summed E-state index contributed by atoms with van der Waals surface area (Å²) in [5.41, 5.74) is 1.05. The van der Waals surface area contributed by atoms with Gasteiger partial charge in [-0.3, -0.25) is 9.40 Å². The number of nitrogens with zero attached hydrogens (tertiary/aromatic N) is 4. The zero-order chi connectivity index (χ0) is 15.5. The monoisotopic (exact) mass is 310 g/mol. The third kappa shape index (κ3) is 3.37. The Bertz CT molecular complexity index is 711. The molecule has 21 heavy (non-hydrogen) atoms. The summed E-state index contributed by atoms with van der Waals surface area (Å²) < 4.78 is 29.1. The molecule has 0 fully saturated rings. The van der Waals surface area contributed by atoms with E-state index < -0.39 is 10.0 Å². The summed E-state index contributed by atoms with van der Waals surface area (Å²) in [7, 11) is -1.90. The largest absolute Gasteiger partial charge is 0.318 e. The van der Waals surface area contributed by atoms with E-state index in [4.69, 9.17) is 0 Å². The van der Waals surface area contributed by atoms with E-state index >= 15 is 0 Å². The highest BCUT2D eigenvalue weighted by atomic mass is 32.2. The fourth-order valence-electron chi connectivity index (χ4n) is 2.05. The van der Waals surface area contributed by atoms with E-state index in [-0.39, 0.29) is 10.7 Å². The molecule has 2 rings (SSSR count). The van der Waals surface area contributed by atoms with Crippen LogP contribution in [0.5, 0.6) is 0 Å². The van der Waals surface area contributed by atoms with Crippen molar-refractivity contribution in [3.63, 3.8) is 0 Å². The van der Waals surface area contributed by atoms with Gasteiger partial charge in [-0.1, -0.05) is 0 Å². The van der Waals surface area contributed by atoms with E-state index in [1.165, 1.54) is 6.20 Å². The highest BCUT2D eigenvalue weighted by Gasteiger charge is 2.25. The van der Waals surface area contributed by atoms with E-state index in [9.17, 15) is 8.42 Å². The Morgan fingerprint density at radius 3 is 2.71 bits per heavy atom. The lowest BCUT2D eigenvalue weighted by Crippen LogP contribution is -2.18. The van der Waals surface area contributed by atoms with E-state index in [1.807, 2.05) is 7.05 Å². The molecule has 0 aliphatic heterocycles. The van der Waals surface area contributed by atoms with Gasteiger partial charge in [-0.15, -0.1) is 5.10 Å². The number of rotatable bonds is 6. The van der Waals surface area contributed by atoms with Crippen molar-refractivity contribution >= 4 is 15.8 Å². The van der Waals surface area contributed by atoms with E-state index in [0.717, 1.165) is 0 Å². The predicted molar refractivity (Wildman–Crippen MR) is 78.5 cm³/mol. The Balaban J connectivity index is 2.34. The Kier molecular flexibility index (Phi) is 4.53. The van der Waals surface area contributed by atoms with Crippen LogP contribution in [0.4, 0.5) is 5.82 Å². The van der Waals surface area contributed by atoms with Gasteiger partial charge in [0.15, 0.2) is 5.82 Å². The molecule has 2 aromatic heterocycles. The smallest absolute Gasteiger partial charge is 0.266 e. The van der Waals surface area contributed by atoms with Crippen molar-refractivity contribution in [1.82, 2.24) is 25.3 Å². The molecule has 2 heterocycles. The number of hydrogen-bond donors (Lipinski definition) is 2. The van der Waals surface area contributed by atoms with Crippen molar-refractivity contribution in [2.24, 2.45) is 0 Å². The number of nitrogens with one attached hydrogen (secondary N) is 2. The van der Waals surface area contributed by atoms with Crippen molar-refractivity contribution in [3.05, 3.63) is 29.7 Å². The molecule has 0 aliphatic carbocycles. The minimum absolute atomic E-state index is 0.180. The SMILES string of the molecule is CNCCn1nc(C)c(S(=O)(=O)Nc2cccnn2)c1C. The molecule has 0 unspecified atom stereocenters. The maximum atomic E-state index is 12.5. The summed E-state index contributed by atoms with van der Waals surface area (Å²) in [6, 6.07) is 3.15. The molecule has 0 bridgehead atoms. The first-order chi connectivity index (χ1) is 9.95. The first-order valence-electron chi connectivity index (χ1n) is 6.45. The van der Waals surface area contributed by atoms with Crippen LogP contribution in [0.2, 0.25) is 0 Å². The van der Waals surface area contributed by atoms with Gasteiger partial charge in [0.05, 0.1) is 17.9 Å². The first kappa shape index (κ1) is 15.4. The second-order valence-electron chi connectivity index (χ2n) is 4.54. The third-order valence-corrected chi connectivity index (χ3v) is 4.57. The number of aryl methyl sites for hydroxylation is 1. The van der Waals surface area contributed by atoms with Crippen molar-refractivity contribution in [2.75, 3.05) is 18.3 Å². The average molecular weight is 310 g/mol. The van der Waals surface area contributed by atoms with Crippen LogP contribution in [-0.2, 0) is 16.6 Å². The lowest BCUT2D eigenvalue weighted by Gasteiger charge is -2.07. The number of sulfonamides is 1. The molecule has 8 nitrogen and oxygen atoms in total. The van der Waals surface area contributed by atoms with Gasteiger partial charge in [-0.25, -0.2) is 8.42 Å². The molecular formula is C12H18N6O2S. The van der Waals surface area contributed by atoms with Crippen LogP contribution in [0.3, 0.4) is 0 Å². The summed E-state index contributed by atoms with van der Waals surface area (Å²) in [6.45, 7) is 4.72. The fraction of sp³-hybridized carbons (Fsp3) is 0.417. The molecule has 0 spiro atoms. The second kappa shape index (κ2) is 6.19. The van der Waals surface area contributed by atoms with Gasteiger partial charge in [-0.2, -0.15) is 10.2 Å². The molecule has 2 aromatic rings. The average Bonchev–Trinajstić information content (AvgIpc) is 2.72. The van der Waals surface area contributed by atoms with Gasteiger partial charge in [0.1, 0.15) is 4.90 Å². The topological polar surface area (TPSA) is 102 Å². The molecule has 0 atom stereocenters. The zero-order valence-electron chi connectivity index (χ0n) is 12.2. The Labute approximate surface area is 123 Å².